The van der Waals surface area contributed by atoms with Crippen molar-refractivity contribution in [2.24, 2.45) is 0 Å². The first kappa shape index (κ1) is 21.9. The van der Waals surface area contributed by atoms with Crippen molar-refractivity contribution in [1.82, 2.24) is 0 Å². The Morgan fingerprint density at radius 2 is 1.69 bits per heavy atom. The summed E-state index contributed by atoms with van der Waals surface area (Å²) in [5.41, 5.74) is -0.0756. The van der Waals surface area contributed by atoms with Crippen molar-refractivity contribution in [3.05, 3.63) is 46.6 Å². The van der Waals surface area contributed by atoms with Crippen LogP contribution in [0.4, 0.5) is 0 Å². The van der Waals surface area contributed by atoms with Gasteiger partial charge in [0.2, 0.25) is 6.29 Å². The summed E-state index contributed by atoms with van der Waals surface area (Å²) in [6.45, 7) is 1.51. The van der Waals surface area contributed by atoms with Crippen molar-refractivity contribution in [2.45, 2.75) is 37.6 Å². The van der Waals surface area contributed by atoms with Crippen LogP contribution in [0.3, 0.4) is 0 Å². The summed E-state index contributed by atoms with van der Waals surface area (Å²) in [4.78, 5) is 12.6. The van der Waals surface area contributed by atoms with Crippen molar-refractivity contribution in [2.75, 3.05) is 7.11 Å². The number of ether oxygens (including phenoxy) is 3. The molecule has 1 fully saturated rings. The van der Waals surface area contributed by atoms with Crippen LogP contribution in [0.1, 0.15) is 6.92 Å². The number of hydrogen-bond acceptors (Lipinski definition) is 10. The van der Waals surface area contributed by atoms with Crippen LogP contribution in [0.15, 0.2) is 45.6 Å². The molecule has 0 amide bonds. The lowest BCUT2D eigenvalue weighted by molar-refractivity contribution is -0.268. The number of aliphatic hydroxyl groups is 3. The molecule has 5 N–H and O–H groups in total. The second kappa shape index (κ2) is 8.32. The topological polar surface area (TPSA) is 159 Å². The van der Waals surface area contributed by atoms with Crippen LogP contribution in [0, 0.1) is 0 Å². The molecular weight excluding hydrogens is 424 g/mol. The maximum absolute atomic E-state index is 12.6. The van der Waals surface area contributed by atoms with Gasteiger partial charge >= 0.3 is 0 Å². The molecule has 2 unspecified atom stereocenters. The normalized spacial score (nSPS) is 25.6. The van der Waals surface area contributed by atoms with Crippen molar-refractivity contribution >= 4 is 11.0 Å². The van der Waals surface area contributed by atoms with Crippen LogP contribution < -0.4 is 14.9 Å². The zero-order valence-corrected chi connectivity index (χ0v) is 17.1. The first-order chi connectivity index (χ1) is 15.2. The fourth-order valence-electron chi connectivity index (χ4n) is 3.53. The maximum Gasteiger partial charge on any atom is 0.229 e. The summed E-state index contributed by atoms with van der Waals surface area (Å²) in [6.07, 6.45) is -6.50. The molecule has 2 aromatic carbocycles. The third-order valence-corrected chi connectivity index (χ3v) is 5.31. The lowest BCUT2D eigenvalue weighted by Crippen LogP contribution is -2.58. The van der Waals surface area contributed by atoms with Gasteiger partial charge in [-0.05, 0) is 25.1 Å². The Labute approximate surface area is 181 Å². The standard InChI is InChI=1S/C22H22O10/c1-9-19(26)20(27)21(28)22(30-9)31-11-6-13(24)18-14(25)8-15(32-17(18)7-11)10-3-4-12(23)16(5-10)29-2/h3-9,19-24,26-28H,1-2H3/t9?,19-,20-,21?,22-/m0/s1. The Kier molecular flexibility index (Phi) is 5.70. The summed E-state index contributed by atoms with van der Waals surface area (Å²) in [5, 5.41) is 50.0. The number of aliphatic hydroxyl groups excluding tert-OH is 3. The molecule has 1 aliphatic heterocycles. The van der Waals surface area contributed by atoms with Crippen LogP contribution in [0.5, 0.6) is 23.0 Å². The number of phenols is 2. The molecule has 0 spiro atoms. The fraction of sp³-hybridized carbons (Fsp3) is 0.318. The summed E-state index contributed by atoms with van der Waals surface area (Å²) < 4.78 is 21.8. The van der Waals surface area contributed by atoms with E-state index in [9.17, 15) is 30.3 Å². The van der Waals surface area contributed by atoms with Crippen LogP contribution in [0.2, 0.25) is 0 Å². The van der Waals surface area contributed by atoms with E-state index in [-0.39, 0.29) is 34.0 Å². The number of fused-ring (bicyclic) bond motifs is 1. The lowest BCUT2D eigenvalue weighted by Gasteiger charge is -2.38. The molecule has 10 heteroatoms. The molecule has 10 nitrogen and oxygen atoms in total. The molecule has 4 rings (SSSR count). The van der Waals surface area contributed by atoms with Gasteiger partial charge in [0.25, 0.3) is 0 Å². The summed E-state index contributed by atoms with van der Waals surface area (Å²) >= 11 is 0. The Morgan fingerprint density at radius 1 is 0.938 bits per heavy atom. The second-order valence-corrected chi connectivity index (χ2v) is 7.48. The van der Waals surface area contributed by atoms with Crippen molar-refractivity contribution < 1.29 is 44.2 Å². The quantitative estimate of drug-likeness (QED) is 0.393. The van der Waals surface area contributed by atoms with Gasteiger partial charge in [-0.1, -0.05) is 0 Å². The molecule has 0 bridgehead atoms. The minimum absolute atomic E-state index is 0.00146. The number of phenolic OH excluding ortho intramolecular Hbond substituents is 2. The number of rotatable bonds is 4. The van der Waals surface area contributed by atoms with Crippen LogP contribution >= 0.6 is 0 Å². The largest absolute Gasteiger partial charge is 0.507 e. The van der Waals surface area contributed by atoms with Gasteiger partial charge in [0.15, 0.2) is 16.9 Å². The molecule has 2 heterocycles. The highest BCUT2D eigenvalue weighted by atomic mass is 16.7. The minimum Gasteiger partial charge on any atom is -0.507 e. The Bertz CT molecular complexity index is 1200. The van der Waals surface area contributed by atoms with Crippen molar-refractivity contribution in [3.63, 3.8) is 0 Å². The number of benzene rings is 2. The Balaban J connectivity index is 1.73. The molecule has 170 valence electrons. The molecule has 5 atom stereocenters. The fourth-order valence-corrected chi connectivity index (χ4v) is 3.53. The number of aromatic hydroxyl groups is 2. The van der Waals surface area contributed by atoms with Gasteiger partial charge in [-0.25, -0.2) is 0 Å². The molecule has 0 radical (unpaired) electrons. The molecule has 32 heavy (non-hydrogen) atoms. The van der Waals surface area contributed by atoms with Gasteiger partial charge in [0, 0.05) is 23.8 Å². The smallest absolute Gasteiger partial charge is 0.229 e. The highest BCUT2D eigenvalue weighted by Crippen LogP contribution is 2.35. The van der Waals surface area contributed by atoms with Gasteiger partial charge in [-0.2, -0.15) is 0 Å². The van der Waals surface area contributed by atoms with E-state index in [2.05, 4.69) is 0 Å². The first-order valence-electron chi connectivity index (χ1n) is 9.74. The average molecular weight is 446 g/mol. The van der Waals surface area contributed by atoms with Gasteiger partial charge in [0.05, 0.1) is 13.2 Å². The Hall–Kier alpha value is -3.31. The van der Waals surface area contributed by atoms with E-state index >= 15 is 0 Å². The molecule has 0 saturated carbocycles. The second-order valence-electron chi connectivity index (χ2n) is 7.48. The minimum atomic E-state index is -1.55. The van der Waals surface area contributed by atoms with Gasteiger partial charge in [0.1, 0.15) is 46.5 Å². The number of hydrogen-bond donors (Lipinski definition) is 5. The zero-order chi connectivity index (χ0) is 23.2. The van der Waals surface area contributed by atoms with Gasteiger partial charge in [-0.3, -0.25) is 4.79 Å². The highest BCUT2D eigenvalue weighted by molar-refractivity contribution is 5.86. The first-order valence-corrected chi connectivity index (χ1v) is 9.74. The predicted molar refractivity (Wildman–Crippen MR) is 111 cm³/mol. The Morgan fingerprint density at radius 3 is 2.41 bits per heavy atom. The van der Waals surface area contributed by atoms with Crippen LogP contribution in [0.25, 0.3) is 22.3 Å². The number of methoxy groups -OCH3 is 1. The third-order valence-electron chi connectivity index (χ3n) is 5.31. The summed E-state index contributed by atoms with van der Waals surface area (Å²) in [6, 6.07) is 8.08. The van der Waals surface area contributed by atoms with Crippen molar-refractivity contribution in [1.29, 1.82) is 0 Å². The van der Waals surface area contributed by atoms with E-state index in [1.165, 1.54) is 44.4 Å². The predicted octanol–water partition coefficient (Wildman–Crippen LogP) is 1.09. The van der Waals surface area contributed by atoms with Crippen LogP contribution in [-0.4, -0.2) is 63.3 Å². The van der Waals surface area contributed by atoms with E-state index in [0.717, 1.165) is 6.07 Å². The molecule has 1 aliphatic rings. The van der Waals surface area contributed by atoms with Gasteiger partial charge in [-0.15, -0.1) is 0 Å². The van der Waals surface area contributed by atoms with Crippen molar-refractivity contribution in [3.8, 4) is 34.3 Å². The summed E-state index contributed by atoms with van der Waals surface area (Å²) in [5.74, 6) is -0.166. The van der Waals surface area contributed by atoms with Gasteiger partial charge < -0.3 is 44.2 Å². The van der Waals surface area contributed by atoms with E-state index < -0.39 is 41.9 Å². The molecule has 0 aliphatic carbocycles. The maximum atomic E-state index is 12.6. The van der Waals surface area contributed by atoms with E-state index in [0.29, 0.717) is 5.56 Å². The third kappa shape index (κ3) is 3.84. The SMILES string of the molecule is COc1cc(-c2cc(=O)c3c(O)cc(O[C@@H]4OC(C)[C@H](O)[C@H](O)C4O)cc3o2)ccc1O. The monoisotopic (exact) mass is 446 g/mol. The summed E-state index contributed by atoms with van der Waals surface area (Å²) in [7, 11) is 1.38. The molecule has 1 aromatic heterocycles. The van der Waals surface area contributed by atoms with E-state index in [1.54, 1.807) is 0 Å². The molecular formula is C22H22O10. The molecule has 3 aromatic rings. The lowest BCUT2D eigenvalue weighted by atomic mass is 10.00. The molecule has 1 saturated heterocycles. The van der Waals surface area contributed by atoms with E-state index in [1.807, 2.05) is 0 Å². The zero-order valence-electron chi connectivity index (χ0n) is 17.1. The average Bonchev–Trinajstić information content (AvgIpc) is 2.75. The highest BCUT2D eigenvalue weighted by Gasteiger charge is 2.43. The van der Waals surface area contributed by atoms with E-state index in [4.69, 9.17) is 18.6 Å². The van der Waals surface area contributed by atoms with Crippen LogP contribution in [-0.2, 0) is 4.74 Å².